The Balaban J connectivity index is 1.47. The number of hydrogen-bond acceptors (Lipinski definition) is 5. The fourth-order valence-corrected chi connectivity index (χ4v) is 2.68. The molecule has 4 rings (SSSR count). The van der Waals surface area contributed by atoms with Crippen LogP contribution in [0.25, 0.3) is 22.4 Å². The summed E-state index contributed by atoms with van der Waals surface area (Å²) in [4.78, 5) is 20.8. The van der Waals surface area contributed by atoms with E-state index in [4.69, 9.17) is 4.52 Å². The first-order valence-corrected chi connectivity index (χ1v) is 8.19. The van der Waals surface area contributed by atoms with Gasteiger partial charge in [0.25, 0.3) is 5.91 Å². The first-order chi connectivity index (χ1) is 12.6. The molecule has 0 saturated heterocycles. The third kappa shape index (κ3) is 3.06. The Kier molecular flexibility index (Phi) is 3.96. The number of imidazole rings is 1. The van der Waals surface area contributed by atoms with Gasteiger partial charge in [-0.2, -0.15) is 4.98 Å². The molecule has 0 saturated carbocycles. The van der Waals surface area contributed by atoms with Gasteiger partial charge in [-0.05, 0) is 37.3 Å². The first-order valence-electron chi connectivity index (χ1n) is 8.19. The van der Waals surface area contributed by atoms with Crippen LogP contribution in [-0.4, -0.2) is 25.6 Å². The van der Waals surface area contributed by atoms with Crippen molar-refractivity contribution in [2.45, 2.75) is 13.5 Å². The normalized spacial score (nSPS) is 11.0. The molecule has 7 nitrogen and oxygen atoms in total. The molecule has 0 atom stereocenters. The van der Waals surface area contributed by atoms with Gasteiger partial charge in [-0.25, -0.2) is 4.98 Å². The van der Waals surface area contributed by atoms with E-state index in [1.807, 2.05) is 48.9 Å². The van der Waals surface area contributed by atoms with E-state index in [9.17, 15) is 4.79 Å². The molecule has 7 heteroatoms. The molecule has 4 aromatic rings. The maximum Gasteiger partial charge on any atom is 0.251 e. The van der Waals surface area contributed by atoms with Crippen molar-refractivity contribution in [2.24, 2.45) is 7.05 Å². The van der Waals surface area contributed by atoms with Crippen LogP contribution in [0.4, 0.5) is 0 Å². The molecule has 2 aromatic carbocycles. The third-order valence-corrected chi connectivity index (χ3v) is 4.17. The highest BCUT2D eigenvalue weighted by atomic mass is 16.5. The van der Waals surface area contributed by atoms with Crippen molar-refractivity contribution in [1.82, 2.24) is 25.0 Å². The number of benzene rings is 2. The number of rotatable bonds is 4. The summed E-state index contributed by atoms with van der Waals surface area (Å²) in [6, 6.07) is 13.2. The van der Waals surface area contributed by atoms with E-state index in [1.54, 1.807) is 18.5 Å². The smallest absolute Gasteiger partial charge is 0.251 e. The lowest BCUT2D eigenvalue weighted by Crippen LogP contribution is -2.22. The number of carbonyl (C=O) groups excluding carboxylic acids is 1. The standard InChI is InChI=1S/C19H17N5O2/c1-12-3-5-13(6-4-12)19(25)20-10-17-22-18(23-26-17)14-7-8-16-15(9-14)21-11-24(16)2/h3-9,11H,10H2,1-2H3,(H,20,25). The summed E-state index contributed by atoms with van der Waals surface area (Å²) in [5.74, 6) is 0.637. The van der Waals surface area contributed by atoms with Gasteiger partial charge in [-0.15, -0.1) is 0 Å². The van der Waals surface area contributed by atoms with Crippen molar-refractivity contribution >= 4 is 16.9 Å². The molecule has 0 spiro atoms. The molecular weight excluding hydrogens is 330 g/mol. The van der Waals surface area contributed by atoms with Crippen LogP contribution in [0.1, 0.15) is 21.8 Å². The van der Waals surface area contributed by atoms with Crippen LogP contribution in [-0.2, 0) is 13.6 Å². The van der Waals surface area contributed by atoms with Gasteiger partial charge in [0.05, 0.1) is 23.9 Å². The molecule has 0 radical (unpaired) electrons. The second-order valence-electron chi connectivity index (χ2n) is 6.12. The molecule has 0 fully saturated rings. The zero-order valence-electron chi connectivity index (χ0n) is 14.4. The van der Waals surface area contributed by atoms with Crippen LogP contribution < -0.4 is 5.32 Å². The summed E-state index contributed by atoms with van der Waals surface area (Å²) < 4.78 is 7.19. The van der Waals surface area contributed by atoms with E-state index >= 15 is 0 Å². The summed E-state index contributed by atoms with van der Waals surface area (Å²) in [7, 11) is 1.94. The molecule has 0 aliphatic heterocycles. The van der Waals surface area contributed by atoms with Crippen molar-refractivity contribution in [2.75, 3.05) is 0 Å². The van der Waals surface area contributed by atoms with E-state index < -0.39 is 0 Å². The number of hydrogen-bond donors (Lipinski definition) is 1. The van der Waals surface area contributed by atoms with E-state index in [1.165, 1.54) is 0 Å². The Hall–Kier alpha value is -3.48. The number of nitrogens with one attached hydrogen (secondary N) is 1. The van der Waals surface area contributed by atoms with Gasteiger partial charge in [0.2, 0.25) is 11.7 Å². The quantitative estimate of drug-likeness (QED) is 0.613. The molecule has 2 aromatic heterocycles. The Bertz CT molecular complexity index is 1080. The van der Waals surface area contributed by atoms with Crippen molar-refractivity contribution < 1.29 is 9.32 Å². The zero-order chi connectivity index (χ0) is 18.1. The van der Waals surface area contributed by atoms with Crippen LogP contribution >= 0.6 is 0 Å². The molecule has 1 N–H and O–H groups in total. The van der Waals surface area contributed by atoms with Gasteiger partial charge >= 0.3 is 0 Å². The molecule has 0 aliphatic rings. The lowest BCUT2D eigenvalue weighted by molar-refractivity contribution is 0.0946. The Morgan fingerprint density at radius 1 is 1.19 bits per heavy atom. The van der Waals surface area contributed by atoms with Crippen LogP contribution in [0.2, 0.25) is 0 Å². The van der Waals surface area contributed by atoms with E-state index in [0.717, 1.165) is 22.2 Å². The maximum absolute atomic E-state index is 12.1. The maximum atomic E-state index is 12.1. The summed E-state index contributed by atoms with van der Waals surface area (Å²) in [6.45, 7) is 2.15. The number of amides is 1. The summed E-state index contributed by atoms with van der Waals surface area (Å²) in [5.41, 5.74) is 4.41. The van der Waals surface area contributed by atoms with Crippen molar-refractivity contribution in [1.29, 1.82) is 0 Å². The molecule has 1 amide bonds. The lowest BCUT2D eigenvalue weighted by Gasteiger charge is -2.02. The Morgan fingerprint density at radius 3 is 2.81 bits per heavy atom. The van der Waals surface area contributed by atoms with Gasteiger partial charge < -0.3 is 14.4 Å². The van der Waals surface area contributed by atoms with E-state index in [0.29, 0.717) is 17.3 Å². The summed E-state index contributed by atoms with van der Waals surface area (Å²) >= 11 is 0. The van der Waals surface area contributed by atoms with E-state index in [-0.39, 0.29) is 12.5 Å². The Labute approximate surface area is 149 Å². The highest BCUT2D eigenvalue weighted by Gasteiger charge is 2.12. The zero-order valence-corrected chi connectivity index (χ0v) is 14.4. The van der Waals surface area contributed by atoms with E-state index in [2.05, 4.69) is 20.4 Å². The number of aromatic nitrogens is 4. The first kappa shape index (κ1) is 16.0. The Morgan fingerprint density at radius 2 is 2.00 bits per heavy atom. The fraction of sp³-hybridized carbons (Fsp3) is 0.158. The van der Waals surface area contributed by atoms with Gasteiger partial charge in [0.1, 0.15) is 0 Å². The SMILES string of the molecule is Cc1ccc(C(=O)NCc2nc(-c3ccc4c(c3)ncn4C)no2)cc1. The predicted octanol–water partition coefficient (Wildman–Crippen LogP) is 2.86. The monoisotopic (exact) mass is 347 g/mol. The van der Waals surface area contributed by atoms with Gasteiger partial charge in [0, 0.05) is 18.2 Å². The van der Waals surface area contributed by atoms with Gasteiger partial charge in [0.15, 0.2) is 0 Å². The van der Waals surface area contributed by atoms with Gasteiger partial charge in [-0.3, -0.25) is 4.79 Å². The average Bonchev–Trinajstić information content (AvgIpc) is 3.27. The fourth-order valence-electron chi connectivity index (χ4n) is 2.68. The van der Waals surface area contributed by atoms with Crippen LogP contribution in [0.3, 0.4) is 0 Å². The molecule has 130 valence electrons. The topological polar surface area (TPSA) is 85.8 Å². The minimum Gasteiger partial charge on any atom is -0.343 e. The lowest BCUT2D eigenvalue weighted by atomic mass is 10.1. The van der Waals surface area contributed by atoms with Gasteiger partial charge in [-0.1, -0.05) is 22.9 Å². The van der Waals surface area contributed by atoms with Crippen molar-refractivity contribution in [3.63, 3.8) is 0 Å². The average molecular weight is 347 g/mol. The molecule has 0 aliphatic carbocycles. The van der Waals surface area contributed by atoms with Crippen LogP contribution in [0.5, 0.6) is 0 Å². The third-order valence-electron chi connectivity index (χ3n) is 4.17. The number of nitrogens with zero attached hydrogens (tertiary/aromatic N) is 4. The summed E-state index contributed by atoms with van der Waals surface area (Å²) in [5, 5.41) is 6.77. The molecule has 0 bridgehead atoms. The number of fused-ring (bicyclic) bond motifs is 1. The van der Waals surface area contributed by atoms with Crippen LogP contribution in [0, 0.1) is 6.92 Å². The number of carbonyl (C=O) groups is 1. The molecular formula is C19H17N5O2. The molecule has 0 unspecified atom stereocenters. The molecule has 2 heterocycles. The number of aryl methyl sites for hydroxylation is 2. The van der Waals surface area contributed by atoms with Crippen LogP contribution in [0.15, 0.2) is 53.3 Å². The second kappa shape index (κ2) is 6.44. The summed E-state index contributed by atoms with van der Waals surface area (Å²) in [6.07, 6.45) is 1.76. The highest BCUT2D eigenvalue weighted by molar-refractivity contribution is 5.94. The second-order valence-corrected chi connectivity index (χ2v) is 6.12. The molecule has 26 heavy (non-hydrogen) atoms. The minimum atomic E-state index is -0.181. The predicted molar refractivity (Wildman–Crippen MR) is 96.4 cm³/mol. The largest absolute Gasteiger partial charge is 0.343 e. The minimum absolute atomic E-state index is 0.172. The van der Waals surface area contributed by atoms with Crippen molar-refractivity contribution in [3.05, 3.63) is 65.8 Å². The highest BCUT2D eigenvalue weighted by Crippen LogP contribution is 2.21. The van der Waals surface area contributed by atoms with Crippen molar-refractivity contribution in [3.8, 4) is 11.4 Å².